The minimum Gasteiger partial charge on any atom is -0.336 e. The minimum absolute atomic E-state index is 0.0388. The van der Waals surface area contributed by atoms with Gasteiger partial charge < -0.3 is 4.98 Å². The number of aromatic amines is 1. The quantitative estimate of drug-likeness (QED) is 0.799. The minimum atomic E-state index is 0.0388. The molecule has 0 aromatic carbocycles. The average molecular weight is 228 g/mol. The van der Waals surface area contributed by atoms with Crippen molar-refractivity contribution in [1.82, 2.24) is 9.97 Å². The highest BCUT2D eigenvalue weighted by Crippen LogP contribution is 2.28. The molecule has 2 heterocycles. The van der Waals surface area contributed by atoms with Gasteiger partial charge in [-0.2, -0.15) is 0 Å². The van der Waals surface area contributed by atoms with Crippen LogP contribution in [0.5, 0.6) is 0 Å². The van der Waals surface area contributed by atoms with Crippen molar-refractivity contribution in [3.05, 3.63) is 35.2 Å². The SMILES string of the molecule is C/C=C(/C)c1c(C(C)=O)[nH]c2ncc(C)cc12. The summed E-state index contributed by atoms with van der Waals surface area (Å²) in [6.45, 7) is 7.56. The third-order valence-electron chi connectivity index (χ3n) is 2.97. The first-order valence-corrected chi connectivity index (χ1v) is 5.67. The number of hydrogen-bond donors (Lipinski definition) is 1. The summed E-state index contributed by atoms with van der Waals surface area (Å²) in [7, 11) is 0. The number of allylic oxidation sites excluding steroid dienone is 2. The van der Waals surface area contributed by atoms with Crippen LogP contribution in [0.2, 0.25) is 0 Å². The molecule has 3 nitrogen and oxygen atoms in total. The number of pyridine rings is 1. The molecule has 0 aliphatic carbocycles. The number of H-pyrrole nitrogens is 1. The Labute approximate surface area is 101 Å². The van der Waals surface area contributed by atoms with Gasteiger partial charge in [0.25, 0.3) is 0 Å². The van der Waals surface area contributed by atoms with Gasteiger partial charge in [0.15, 0.2) is 5.78 Å². The fraction of sp³-hybridized carbons (Fsp3) is 0.286. The highest BCUT2D eigenvalue weighted by Gasteiger charge is 2.16. The van der Waals surface area contributed by atoms with E-state index in [0.717, 1.165) is 27.7 Å². The Morgan fingerprint density at radius 2 is 2.12 bits per heavy atom. The summed E-state index contributed by atoms with van der Waals surface area (Å²) in [4.78, 5) is 19.1. The molecule has 2 rings (SSSR count). The first-order valence-electron chi connectivity index (χ1n) is 5.67. The molecule has 0 radical (unpaired) electrons. The average Bonchev–Trinajstić information content (AvgIpc) is 2.66. The van der Waals surface area contributed by atoms with Crippen LogP contribution in [-0.4, -0.2) is 15.8 Å². The lowest BCUT2D eigenvalue weighted by molar-refractivity contribution is 0.101. The standard InChI is InChI=1S/C14H16N2O/c1-5-9(3)12-11-6-8(2)7-15-14(11)16-13(12)10(4)17/h5-7H,1-4H3,(H,15,16)/b9-5-. The lowest BCUT2D eigenvalue weighted by Crippen LogP contribution is -1.96. The lowest BCUT2D eigenvalue weighted by Gasteiger charge is -2.02. The number of hydrogen-bond acceptors (Lipinski definition) is 2. The number of carbonyl (C=O) groups is 1. The summed E-state index contributed by atoms with van der Waals surface area (Å²) < 4.78 is 0. The van der Waals surface area contributed by atoms with Crippen LogP contribution in [0.15, 0.2) is 18.3 Å². The van der Waals surface area contributed by atoms with Crippen LogP contribution in [0.25, 0.3) is 16.6 Å². The first kappa shape index (κ1) is 11.6. The third kappa shape index (κ3) is 1.88. The maximum atomic E-state index is 11.7. The van der Waals surface area contributed by atoms with Crippen LogP contribution in [0.1, 0.15) is 42.4 Å². The zero-order chi connectivity index (χ0) is 12.6. The molecule has 0 spiro atoms. The molecule has 2 aromatic rings. The molecule has 0 aliphatic heterocycles. The monoisotopic (exact) mass is 228 g/mol. The summed E-state index contributed by atoms with van der Waals surface area (Å²) in [5.74, 6) is 0.0388. The van der Waals surface area contributed by atoms with E-state index in [1.807, 2.05) is 26.8 Å². The predicted molar refractivity (Wildman–Crippen MR) is 70.2 cm³/mol. The van der Waals surface area contributed by atoms with Gasteiger partial charge in [0.2, 0.25) is 0 Å². The molecule has 17 heavy (non-hydrogen) atoms. The maximum absolute atomic E-state index is 11.7. The zero-order valence-electron chi connectivity index (χ0n) is 10.6. The van der Waals surface area contributed by atoms with E-state index >= 15 is 0 Å². The van der Waals surface area contributed by atoms with Crippen LogP contribution in [0.4, 0.5) is 0 Å². The van der Waals surface area contributed by atoms with E-state index in [1.165, 1.54) is 0 Å². The van der Waals surface area contributed by atoms with E-state index in [2.05, 4.69) is 16.0 Å². The number of nitrogens with zero attached hydrogens (tertiary/aromatic N) is 1. The second-order valence-corrected chi connectivity index (χ2v) is 4.31. The van der Waals surface area contributed by atoms with Gasteiger partial charge >= 0.3 is 0 Å². The summed E-state index contributed by atoms with van der Waals surface area (Å²) >= 11 is 0. The van der Waals surface area contributed by atoms with Crippen molar-refractivity contribution in [2.75, 3.05) is 0 Å². The fourth-order valence-corrected chi connectivity index (χ4v) is 1.99. The van der Waals surface area contributed by atoms with Gasteiger partial charge in [0.05, 0.1) is 5.69 Å². The fourth-order valence-electron chi connectivity index (χ4n) is 1.99. The highest BCUT2D eigenvalue weighted by molar-refractivity contribution is 6.05. The largest absolute Gasteiger partial charge is 0.336 e. The number of Topliss-reactive ketones (excluding diaryl/α,β-unsaturated/α-hetero) is 1. The topological polar surface area (TPSA) is 45.8 Å². The number of rotatable bonds is 2. The molecule has 0 aliphatic rings. The van der Waals surface area contributed by atoms with Gasteiger partial charge in [-0.25, -0.2) is 4.98 Å². The molecular weight excluding hydrogens is 212 g/mol. The number of aryl methyl sites for hydroxylation is 1. The van der Waals surface area contributed by atoms with Crippen molar-refractivity contribution < 1.29 is 4.79 Å². The predicted octanol–water partition coefficient (Wildman–Crippen LogP) is 3.50. The molecule has 0 fully saturated rings. The van der Waals surface area contributed by atoms with E-state index in [4.69, 9.17) is 0 Å². The third-order valence-corrected chi connectivity index (χ3v) is 2.97. The summed E-state index contributed by atoms with van der Waals surface area (Å²) in [6, 6.07) is 2.06. The van der Waals surface area contributed by atoms with E-state index in [-0.39, 0.29) is 5.78 Å². The van der Waals surface area contributed by atoms with Crippen LogP contribution in [0, 0.1) is 6.92 Å². The molecule has 0 bridgehead atoms. The maximum Gasteiger partial charge on any atom is 0.176 e. The Morgan fingerprint density at radius 3 is 2.71 bits per heavy atom. The number of carbonyl (C=O) groups excluding carboxylic acids is 1. The Hall–Kier alpha value is -1.90. The Morgan fingerprint density at radius 1 is 1.41 bits per heavy atom. The van der Waals surface area contributed by atoms with Gasteiger partial charge in [-0.3, -0.25) is 4.79 Å². The number of ketones is 1. The normalized spacial score (nSPS) is 12.1. The molecule has 88 valence electrons. The number of aromatic nitrogens is 2. The Kier molecular flexibility index (Phi) is 2.84. The van der Waals surface area contributed by atoms with Crippen molar-refractivity contribution >= 4 is 22.4 Å². The molecule has 1 N–H and O–H groups in total. The molecule has 0 saturated carbocycles. The molecule has 0 atom stereocenters. The van der Waals surface area contributed by atoms with E-state index in [1.54, 1.807) is 13.1 Å². The van der Waals surface area contributed by atoms with E-state index in [0.29, 0.717) is 5.69 Å². The van der Waals surface area contributed by atoms with Crippen LogP contribution >= 0.6 is 0 Å². The second kappa shape index (κ2) is 4.17. The Bertz CT molecular complexity index is 620. The van der Waals surface area contributed by atoms with Crippen molar-refractivity contribution in [3.63, 3.8) is 0 Å². The first-order chi connectivity index (χ1) is 8.04. The molecule has 3 heteroatoms. The summed E-state index contributed by atoms with van der Waals surface area (Å²) in [5, 5.41) is 1.02. The van der Waals surface area contributed by atoms with Crippen molar-refractivity contribution in [2.24, 2.45) is 0 Å². The number of fused-ring (bicyclic) bond motifs is 1. The van der Waals surface area contributed by atoms with Gasteiger partial charge in [-0.05, 0) is 38.0 Å². The van der Waals surface area contributed by atoms with Crippen molar-refractivity contribution in [1.29, 1.82) is 0 Å². The molecule has 0 unspecified atom stereocenters. The van der Waals surface area contributed by atoms with Gasteiger partial charge in [0, 0.05) is 24.1 Å². The smallest absolute Gasteiger partial charge is 0.176 e. The van der Waals surface area contributed by atoms with Crippen molar-refractivity contribution in [3.8, 4) is 0 Å². The van der Waals surface area contributed by atoms with E-state index in [9.17, 15) is 4.79 Å². The molecule has 0 saturated heterocycles. The molecule has 2 aromatic heterocycles. The highest BCUT2D eigenvalue weighted by atomic mass is 16.1. The van der Waals surface area contributed by atoms with Crippen molar-refractivity contribution in [2.45, 2.75) is 27.7 Å². The van der Waals surface area contributed by atoms with Gasteiger partial charge in [0.1, 0.15) is 5.65 Å². The van der Waals surface area contributed by atoms with Gasteiger partial charge in [-0.15, -0.1) is 0 Å². The molecular formula is C14H16N2O. The Balaban J connectivity index is 2.87. The zero-order valence-corrected chi connectivity index (χ0v) is 10.6. The lowest BCUT2D eigenvalue weighted by atomic mass is 10.0. The number of nitrogens with one attached hydrogen (secondary N) is 1. The van der Waals surface area contributed by atoms with Gasteiger partial charge in [-0.1, -0.05) is 6.08 Å². The second-order valence-electron chi connectivity index (χ2n) is 4.31. The van der Waals surface area contributed by atoms with Crippen LogP contribution in [-0.2, 0) is 0 Å². The summed E-state index contributed by atoms with van der Waals surface area (Å²) in [5.41, 5.74) is 4.59. The van der Waals surface area contributed by atoms with Crippen LogP contribution < -0.4 is 0 Å². The van der Waals surface area contributed by atoms with E-state index < -0.39 is 0 Å². The van der Waals surface area contributed by atoms with Crippen LogP contribution in [0.3, 0.4) is 0 Å². The summed E-state index contributed by atoms with van der Waals surface area (Å²) in [6.07, 6.45) is 3.81. The molecule has 0 amide bonds.